The van der Waals surface area contributed by atoms with Crippen LogP contribution in [0.1, 0.15) is 22.3 Å². The Morgan fingerprint density at radius 1 is 0.317 bits per heavy atom. The fourth-order valence-corrected chi connectivity index (χ4v) is 10.9. The molecule has 0 radical (unpaired) electrons. The highest BCUT2D eigenvalue weighted by atomic mass is 16.3. The van der Waals surface area contributed by atoms with Crippen LogP contribution in [0.5, 0.6) is 0 Å². The van der Waals surface area contributed by atoms with Crippen LogP contribution in [0.3, 0.4) is 0 Å². The molecule has 2 aliphatic rings. The number of benzene rings is 10. The zero-order valence-electron chi connectivity index (χ0n) is 34.4. The summed E-state index contributed by atoms with van der Waals surface area (Å²) in [4.78, 5) is 2.43. The lowest BCUT2D eigenvalue weighted by atomic mass is 9.70. The number of furan rings is 1. The van der Waals surface area contributed by atoms with Crippen molar-refractivity contribution in [1.29, 1.82) is 0 Å². The van der Waals surface area contributed by atoms with Gasteiger partial charge < -0.3 is 9.32 Å². The molecule has 2 aliphatic carbocycles. The second kappa shape index (κ2) is 13.9. The van der Waals surface area contributed by atoms with Crippen LogP contribution in [0.4, 0.5) is 17.1 Å². The van der Waals surface area contributed by atoms with E-state index in [1.807, 2.05) is 12.1 Å². The number of nitrogens with zero attached hydrogens (tertiary/aromatic N) is 1. The standard InChI is InChI=1S/C61H39NO/c1-2-17-40(18-3-1)42-19-14-20-44(39-42)62(43-37-35-41(36-38-43)45-26-15-28-51-49-24-8-13-34-58(49)63-60(45)51)57-33-12-7-23-48(57)50-27-16-32-56-59(50)52-25-6-11-31-55(52)61(56)53-29-9-4-21-46(53)47-22-5-10-30-54(47)61/h1-39H. The molecule has 13 rings (SSSR count). The van der Waals surface area contributed by atoms with Crippen LogP contribution < -0.4 is 4.90 Å². The Labute approximate surface area is 366 Å². The largest absolute Gasteiger partial charge is 0.455 e. The predicted molar refractivity (Wildman–Crippen MR) is 261 cm³/mol. The average molecular weight is 802 g/mol. The number of para-hydroxylation sites is 3. The van der Waals surface area contributed by atoms with Crippen molar-refractivity contribution < 1.29 is 4.42 Å². The van der Waals surface area contributed by atoms with Crippen LogP contribution >= 0.6 is 0 Å². The molecule has 0 fully saturated rings. The van der Waals surface area contributed by atoms with Gasteiger partial charge >= 0.3 is 0 Å². The monoisotopic (exact) mass is 801 g/mol. The minimum Gasteiger partial charge on any atom is -0.455 e. The third-order valence-corrected chi connectivity index (χ3v) is 13.5. The number of anilines is 3. The fraction of sp³-hybridized carbons (Fsp3) is 0.0164. The van der Waals surface area contributed by atoms with Crippen molar-refractivity contribution in [1.82, 2.24) is 0 Å². The number of fused-ring (bicyclic) bond motifs is 13. The highest BCUT2D eigenvalue weighted by molar-refractivity contribution is 6.10. The molecule has 0 saturated carbocycles. The van der Waals surface area contributed by atoms with E-state index >= 15 is 0 Å². The normalized spacial score (nSPS) is 12.9. The second-order valence-corrected chi connectivity index (χ2v) is 16.7. The molecule has 0 saturated heterocycles. The summed E-state index contributed by atoms with van der Waals surface area (Å²) in [5.41, 5.74) is 22.1. The lowest BCUT2D eigenvalue weighted by Gasteiger charge is -2.31. The van der Waals surface area contributed by atoms with Gasteiger partial charge in [-0.2, -0.15) is 0 Å². The minimum atomic E-state index is -0.424. The molecule has 0 N–H and O–H groups in total. The molecule has 0 bridgehead atoms. The van der Waals surface area contributed by atoms with Crippen molar-refractivity contribution in [3.63, 3.8) is 0 Å². The summed E-state index contributed by atoms with van der Waals surface area (Å²) in [5, 5.41) is 2.26. The maximum atomic E-state index is 6.50. The van der Waals surface area contributed by atoms with E-state index in [9.17, 15) is 0 Å². The van der Waals surface area contributed by atoms with E-state index in [0.29, 0.717) is 0 Å². The highest BCUT2D eigenvalue weighted by Gasteiger charge is 2.52. The van der Waals surface area contributed by atoms with Crippen LogP contribution in [0.25, 0.3) is 77.6 Å². The Morgan fingerprint density at radius 2 is 0.857 bits per heavy atom. The molecule has 2 heteroatoms. The van der Waals surface area contributed by atoms with Gasteiger partial charge in [-0.25, -0.2) is 0 Å². The Morgan fingerprint density at radius 3 is 1.63 bits per heavy atom. The maximum Gasteiger partial charge on any atom is 0.143 e. The van der Waals surface area contributed by atoms with Crippen molar-refractivity contribution in [2.45, 2.75) is 5.41 Å². The zero-order chi connectivity index (χ0) is 41.5. The Balaban J connectivity index is 1.02. The first-order chi connectivity index (χ1) is 31.3. The number of hydrogen-bond acceptors (Lipinski definition) is 2. The number of rotatable bonds is 6. The summed E-state index contributed by atoms with van der Waals surface area (Å²) < 4.78 is 6.50. The summed E-state index contributed by atoms with van der Waals surface area (Å²) >= 11 is 0. The second-order valence-electron chi connectivity index (χ2n) is 16.7. The fourth-order valence-electron chi connectivity index (χ4n) is 10.9. The molecular formula is C61H39NO. The molecule has 0 atom stereocenters. The van der Waals surface area contributed by atoms with E-state index < -0.39 is 5.41 Å². The van der Waals surface area contributed by atoms with Gasteiger partial charge in [-0.05, 0) is 103 Å². The molecule has 1 aromatic heterocycles. The molecule has 0 aliphatic heterocycles. The van der Waals surface area contributed by atoms with Crippen LogP contribution in [0.2, 0.25) is 0 Å². The topological polar surface area (TPSA) is 16.4 Å². The van der Waals surface area contributed by atoms with E-state index in [2.05, 4.69) is 229 Å². The van der Waals surface area contributed by atoms with E-state index in [4.69, 9.17) is 4.42 Å². The molecule has 2 nitrogen and oxygen atoms in total. The van der Waals surface area contributed by atoms with E-state index in [-0.39, 0.29) is 0 Å². The maximum absolute atomic E-state index is 6.50. The van der Waals surface area contributed by atoms with Gasteiger partial charge in [0.15, 0.2) is 0 Å². The van der Waals surface area contributed by atoms with Gasteiger partial charge in [0.1, 0.15) is 11.2 Å². The lowest BCUT2D eigenvalue weighted by molar-refractivity contribution is 0.670. The molecular weight excluding hydrogens is 763 g/mol. The predicted octanol–water partition coefficient (Wildman–Crippen LogP) is 16.4. The zero-order valence-corrected chi connectivity index (χ0v) is 34.4. The summed E-state index contributed by atoms with van der Waals surface area (Å²) in [7, 11) is 0. The third kappa shape index (κ3) is 5.19. The van der Waals surface area contributed by atoms with Crippen molar-refractivity contribution in [3.8, 4) is 55.6 Å². The summed E-state index contributed by atoms with van der Waals surface area (Å²) in [6, 6.07) is 86.4. The molecule has 294 valence electrons. The highest BCUT2D eigenvalue weighted by Crippen LogP contribution is 2.64. The number of hydrogen-bond donors (Lipinski definition) is 0. The van der Waals surface area contributed by atoms with Crippen LogP contribution in [0, 0.1) is 0 Å². The van der Waals surface area contributed by atoms with Gasteiger partial charge in [-0.15, -0.1) is 0 Å². The van der Waals surface area contributed by atoms with E-state index in [0.717, 1.165) is 50.1 Å². The first kappa shape index (κ1) is 35.5. The van der Waals surface area contributed by atoms with Gasteiger partial charge in [0.2, 0.25) is 0 Å². The molecule has 0 unspecified atom stereocenters. The SMILES string of the molecule is c1ccc(-c2cccc(N(c3ccc(-c4cccc5c4oc4ccccc45)cc3)c3ccccc3-c3cccc4c3-c3ccccc3C43c4ccccc4-c4ccccc43)c2)cc1. The molecule has 11 aromatic rings. The Kier molecular flexibility index (Phi) is 7.85. The molecule has 1 heterocycles. The Bertz CT molecular complexity index is 3530. The van der Waals surface area contributed by atoms with E-state index in [1.165, 1.54) is 66.8 Å². The Hall–Kier alpha value is -8.20. The van der Waals surface area contributed by atoms with Gasteiger partial charge in [0.25, 0.3) is 0 Å². The molecule has 63 heavy (non-hydrogen) atoms. The van der Waals surface area contributed by atoms with Crippen LogP contribution in [0.15, 0.2) is 241 Å². The van der Waals surface area contributed by atoms with E-state index in [1.54, 1.807) is 0 Å². The van der Waals surface area contributed by atoms with Crippen molar-refractivity contribution in [2.24, 2.45) is 0 Å². The van der Waals surface area contributed by atoms with Crippen molar-refractivity contribution in [2.75, 3.05) is 4.90 Å². The quantitative estimate of drug-likeness (QED) is 0.167. The first-order valence-electron chi connectivity index (χ1n) is 21.8. The molecule has 1 spiro atoms. The first-order valence-corrected chi connectivity index (χ1v) is 21.8. The van der Waals surface area contributed by atoms with Crippen molar-refractivity contribution >= 4 is 39.0 Å². The lowest BCUT2D eigenvalue weighted by Crippen LogP contribution is -2.25. The van der Waals surface area contributed by atoms with Gasteiger partial charge in [-0.1, -0.05) is 200 Å². The van der Waals surface area contributed by atoms with Crippen LogP contribution in [-0.4, -0.2) is 0 Å². The van der Waals surface area contributed by atoms with Gasteiger partial charge in [-0.3, -0.25) is 0 Å². The molecule has 0 amide bonds. The van der Waals surface area contributed by atoms with Crippen LogP contribution in [-0.2, 0) is 5.41 Å². The summed E-state index contributed by atoms with van der Waals surface area (Å²) in [6.45, 7) is 0. The average Bonchev–Trinajstić information content (AvgIpc) is 3.99. The molecule has 10 aromatic carbocycles. The minimum absolute atomic E-state index is 0.424. The summed E-state index contributed by atoms with van der Waals surface area (Å²) in [5.74, 6) is 0. The third-order valence-electron chi connectivity index (χ3n) is 13.5. The van der Waals surface area contributed by atoms with Gasteiger partial charge in [0.05, 0.1) is 11.1 Å². The van der Waals surface area contributed by atoms with Gasteiger partial charge in [0, 0.05) is 33.3 Å². The summed E-state index contributed by atoms with van der Waals surface area (Å²) in [6.07, 6.45) is 0. The smallest absolute Gasteiger partial charge is 0.143 e. The van der Waals surface area contributed by atoms with Crippen molar-refractivity contribution in [3.05, 3.63) is 259 Å².